The Bertz CT molecular complexity index is 147. The lowest BCUT2D eigenvalue weighted by Crippen LogP contribution is -2.74. The van der Waals surface area contributed by atoms with E-state index in [0.717, 1.165) is 0 Å². The van der Waals surface area contributed by atoms with E-state index in [0.29, 0.717) is 11.0 Å². The van der Waals surface area contributed by atoms with Crippen LogP contribution >= 0.6 is 0 Å². The van der Waals surface area contributed by atoms with E-state index in [2.05, 4.69) is 25.7 Å². The minimum absolute atomic E-state index is 0.517. The molecule has 1 heteroatoms. The van der Waals surface area contributed by atoms with Crippen LogP contribution in [0.5, 0.6) is 0 Å². The van der Waals surface area contributed by atoms with Gasteiger partial charge < -0.3 is 0 Å². The van der Waals surface area contributed by atoms with Crippen molar-refractivity contribution in [3.05, 3.63) is 0 Å². The first-order valence-corrected chi connectivity index (χ1v) is 4.31. The van der Waals surface area contributed by atoms with E-state index in [4.69, 9.17) is 0 Å². The van der Waals surface area contributed by atoms with Crippen molar-refractivity contribution in [1.82, 2.24) is 4.90 Å². The third kappa shape index (κ3) is 0.531. The molecule has 0 aliphatic carbocycles. The molecule has 2 fully saturated rings. The highest BCUT2D eigenvalue weighted by Gasteiger charge is 2.57. The predicted octanol–water partition coefficient (Wildman–Crippen LogP) is 1.88. The number of fused-ring (bicyclic) bond motifs is 1. The van der Waals surface area contributed by atoms with Gasteiger partial charge in [-0.25, -0.2) is 0 Å². The van der Waals surface area contributed by atoms with Crippen LogP contribution in [0.25, 0.3) is 0 Å². The van der Waals surface area contributed by atoms with Gasteiger partial charge in [0.05, 0.1) is 0 Å². The lowest BCUT2D eigenvalue weighted by atomic mass is 9.59. The van der Waals surface area contributed by atoms with Gasteiger partial charge in [-0.2, -0.15) is 0 Å². The van der Waals surface area contributed by atoms with Crippen molar-refractivity contribution >= 4 is 0 Å². The second-order valence-corrected chi connectivity index (χ2v) is 4.77. The summed E-state index contributed by atoms with van der Waals surface area (Å²) >= 11 is 0. The van der Waals surface area contributed by atoms with Crippen molar-refractivity contribution in [3.8, 4) is 0 Å². The largest absolute Gasteiger partial charge is 0.297 e. The Kier molecular flexibility index (Phi) is 1.05. The molecule has 0 saturated carbocycles. The van der Waals surface area contributed by atoms with E-state index in [1.807, 2.05) is 0 Å². The van der Waals surface area contributed by atoms with Crippen LogP contribution in [0.2, 0.25) is 0 Å². The Morgan fingerprint density at radius 2 is 1.60 bits per heavy atom. The van der Waals surface area contributed by atoms with E-state index in [9.17, 15) is 0 Å². The lowest BCUT2D eigenvalue weighted by molar-refractivity contribution is -0.168. The molecule has 2 rings (SSSR count). The highest BCUT2D eigenvalue weighted by molar-refractivity contribution is 5.13. The van der Waals surface area contributed by atoms with Crippen molar-refractivity contribution in [2.75, 3.05) is 13.1 Å². The van der Waals surface area contributed by atoms with Gasteiger partial charge in [-0.3, -0.25) is 4.90 Å². The second kappa shape index (κ2) is 1.58. The summed E-state index contributed by atoms with van der Waals surface area (Å²) in [6, 6.07) is 0. The predicted molar refractivity (Wildman–Crippen MR) is 43.0 cm³/mol. The third-order valence-electron chi connectivity index (χ3n) is 3.59. The average molecular weight is 139 g/mol. The van der Waals surface area contributed by atoms with Crippen molar-refractivity contribution in [2.24, 2.45) is 5.41 Å². The first-order valence-electron chi connectivity index (χ1n) is 4.31. The van der Waals surface area contributed by atoms with Crippen LogP contribution < -0.4 is 0 Å². The summed E-state index contributed by atoms with van der Waals surface area (Å²) in [4.78, 5) is 2.63. The summed E-state index contributed by atoms with van der Waals surface area (Å²) in [7, 11) is 0. The SMILES string of the molecule is CC(C)(C)C12CCN1CC2. The zero-order valence-corrected chi connectivity index (χ0v) is 7.28. The van der Waals surface area contributed by atoms with Gasteiger partial charge in [-0.05, 0) is 18.3 Å². The fraction of sp³-hybridized carbons (Fsp3) is 1.00. The molecule has 0 amide bonds. The molecule has 0 aromatic rings. The van der Waals surface area contributed by atoms with Gasteiger partial charge in [0, 0.05) is 18.6 Å². The Morgan fingerprint density at radius 1 is 1.10 bits per heavy atom. The summed E-state index contributed by atoms with van der Waals surface area (Å²) in [6.07, 6.45) is 2.88. The zero-order chi connectivity index (χ0) is 7.41. The van der Waals surface area contributed by atoms with Crippen LogP contribution in [0.15, 0.2) is 0 Å². The summed E-state index contributed by atoms with van der Waals surface area (Å²) in [6.45, 7) is 9.84. The van der Waals surface area contributed by atoms with Crippen LogP contribution in [0.4, 0.5) is 0 Å². The van der Waals surface area contributed by atoms with Crippen molar-refractivity contribution in [3.63, 3.8) is 0 Å². The minimum atomic E-state index is 0.517. The highest BCUT2D eigenvalue weighted by Crippen LogP contribution is 2.53. The highest BCUT2D eigenvalue weighted by atomic mass is 15.3. The van der Waals surface area contributed by atoms with Gasteiger partial charge >= 0.3 is 0 Å². The van der Waals surface area contributed by atoms with Gasteiger partial charge in [-0.1, -0.05) is 20.8 Å². The molecule has 0 atom stereocenters. The Hall–Kier alpha value is -0.0400. The fourth-order valence-corrected chi connectivity index (χ4v) is 2.54. The first kappa shape index (κ1) is 6.66. The van der Waals surface area contributed by atoms with Gasteiger partial charge in [0.15, 0.2) is 0 Å². The fourth-order valence-electron chi connectivity index (χ4n) is 2.54. The standard InChI is InChI=1S/C9H17N/c1-8(2,3)9-4-6-10(9)7-5-9/h4-7H2,1-3H3. The Balaban J connectivity index is 2.16. The smallest absolute Gasteiger partial charge is 0.0282 e. The van der Waals surface area contributed by atoms with Gasteiger partial charge in [0.1, 0.15) is 0 Å². The van der Waals surface area contributed by atoms with E-state index < -0.39 is 0 Å². The van der Waals surface area contributed by atoms with Crippen molar-refractivity contribution < 1.29 is 0 Å². The molecule has 2 aliphatic rings. The third-order valence-corrected chi connectivity index (χ3v) is 3.59. The molecule has 0 N–H and O–H groups in total. The molecule has 0 bridgehead atoms. The molecule has 2 heterocycles. The summed E-state index contributed by atoms with van der Waals surface area (Å²) in [5.74, 6) is 0. The molecule has 1 nitrogen and oxygen atoms in total. The van der Waals surface area contributed by atoms with Crippen LogP contribution in [0.3, 0.4) is 0 Å². The van der Waals surface area contributed by atoms with Gasteiger partial charge in [-0.15, -0.1) is 0 Å². The number of piperidine rings is 1. The first-order chi connectivity index (χ1) is 4.56. The Morgan fingerprint density at radius 3 is 1.60 bits per heavy atom. The van der Waals surface area contributed by atoms with Gasteiger partial charge in [0.2, 0.25) is 0 Å². The molecular weight excluding hydrogens is 122 g/mol. The molecular formula is C9H17N. The number of hydrogen-bond donors (Lipinski definition) is 0. The van der Waals surface area contributed by atoms with Gasteiger partial charge in [0.25, 0.3) is 0 Å². The summed E-state index contributed by atoms with van der Waals surface area (Å²) in [5.41, 5.74) is 1.15. The molecule has 0 aromatic heterocycles. The number of rotatable bonds is 0. The maximum absolute atomic E-state index is 2.63. The second-order valence-electron chi connectivity index (χ2n) is 4.77. The van der Waals surface area contributed by atoms with Crippen LogP contribution in [0, 0.1) is 5.41 Å². The van der Waals surface area contributed by atoms with E-state index >= 15 is 0 Å². The molecule has 2 saturated heterocycles. The van der Waals surface area contributed by atoms with Crippen LogP contribution in [-0.2, 0) is 0 Å². The minimum Gasteiger partial charge on any atom is -0.297 e. The molecule has 58 valence electrons. The topological polar surface area (TPSA) is 3.24 Å². The van der Waals surface area contributed by atoms with E-state index in [1.165, 1.54) is 25.9 Å². The van der Waals surface area contributed by atoms with Crippen molar-refractivity contribution in [2.45, 2.75) is 39.2 Å². The average Bonchev–Trinajstić information content (AvgIpc) is 1.74. The van der Waals surface area contributed by atoms with Crippen molar-refractivity contribution in [1.29, 1.82) is 0 Å². The quantitative estimate of drug-likeness (QED) is 0.495. The van der Waals surface area contributed by atoms with Crippen LogP contribution in [-0.4, -0.2) is 23.5 Å². The number of hydrogen-bond acceptors (Lipinski definition) is 1. The zero-order valence-electron chi connectivity index (χ0n) is 7.28. The number of nitrogens with zero attached hydrogens (tertiary/aromatic N) is 1. The molecule has 0 unspecified atom stereocenters. The monoisotopic (exact) mass is 139 g/mol. The summed E-state index contributed by atoms with van der Waals surface area (Å²) in [5, 5.41) is 0. The Labute approximate surface area is 63.4 Å². The molecule has 0 aromatic carbocycles. The molecule has 0 radical (unpaired) electrons. The van der Waals surface area contributed by atoms with E-state index in [1.54, 1.807) is 0 Å². The molecule has 10 heavy (non-hydrogen) atoms. The van der Waals surface area contributed by atoms with E-state index in [-0.39, 0.29) is 0 Å². The molecule has 2 aliphatic heterocycles. The van der Waals surface area contributed by atoms with Crippen LogP contribution in [0.1, 0.15) is 33.6 Å². The maximum atomic E-state index is 2.63. The maximum Gasteiger partial charge on any atom is 0.0282 e. The molecule has 0 spiro atoms. The lowest BCUT2D eigenvalue weighted by Gasteiger charge is -2.68. The normalized spacial score (nSPS) is 30.3. The summed E-state index contributed by atoms with van der Waals surface area (Å²) < 4.78 is 0.